The van der Waals surface area contributed by atoms with Gasteiger partial charge in [0.15, 0.2) is 0 Å². The molecule has 1 atom stereocenters. The van der Waals surface area contributed by atoms with E-state index in [9.17, 15) is 9.18 Å². The highest BCUT2D eigenvalue weighted by Gasteiger charge is 2.22. The lowest BCUT2D eigenvalue weighted by atomic mass is 9.93. The molecule has 0 aliphatic heterocycles. The Morgan fingerprint density at radius 3 is 2.33 bits per heavy atom. The molecule has 27 heavy (non-hydrogen) atoms. The molecule has 0 fully saturated rings. The third-order valence-corrected chi connectivity index (χ3v) is 4.38. The minimum absolute atomic E-state index is 0.148. The maximum Gasteiger partial charge on any atom is 0.232 e. The number of aromatic nitrogens is 1. The Bertz CT molecular complexity index is 878. The van der Waals surface area contributed by atoms with Crippen molar-refractivity contribution in [3.05, 3.63) is 90.0 Å². The average molecular weight is 363 g/mol. The van der Waals surface area contributed by atoms with E-state index in [0.29, 0.717) is 6.42 Å². The molecule has 0 aliphatic rings. The predicted molar refractivity (Wildman–Crippen MR) is 106 cm³/mol. The first kappa shape index (κ1) is 18.6. The summed E-state index contributed by atoms with van der Waals surface area (Å²) >= 11 is 0. The topological polar surface area (TPSA) is 45.2 Å². The number of pyridine rings is 1. The standard InChI is InChI=1S/C22H22FN3O/c1-26(2)20-12-10-18(11-13-20)25-22(27)21(15-19-5-3-4-14-24-19)16-6-8-17(23)9-7-16/h3-14,21H,15H2,1-2H3,(H,25,27). The molecule has 0 radical (unpaired) electrons. The van der Waals surface area contributed by atoms with Gasteiger partial charge in [-0.1, -0.05) is 18.2 Å². The highest BCUT2D eigenvalue weighted by molar-refractivity contribution is 5.96. The van der Waals surface area contributed by atoms with Gasteiger partial charge in [0.1, 0.15) is 5.82 Å². The second-order valence-electron chi connectivity index (χ2n) is 6.56. The van der Waals surface area contributed by atoms with Crippen LogP contribution in [0.1, 0.15) is 17.2 Å². The summed E-state index contributed by atoms with van der Waals surface area (Å²) in [6.45, 7) is 0. The van der Waals surface area contributed by atoms with Gasteiger partial charge in [-0.05, 0) is 54.1 Å². The molecule has 4 nitrogen and oxygen atoms in total. The van der Waals surface area contributed by atoms with E-state index in [4.69, 9.17) is 0 Å². The van der Waals surface area contributed by atoms with Crippen LogP contribution >= 0.6 is 0 Å². The van der Waals surface area contributed by atoms with Crippen molar-refractivity contribution in [1.82, 2.24) is 4.98 Å². The van der Waals surface area contributed by atoms with E-state index in [1.807, 2.05) is 61.5 Å². The fourth-order valence-electron chi connectivity index (χ4n) is 2.86. The zero-order valence-electron chi connectivity index (χ0n) is 15.4. The summed E-state index contributed by atoms with van der Waals surface area (Å²) in [5.74, 6) is -0.936. The van der Waals surface area contributed by atoms with E-state index in [2.05, 4.69) is 10.3 Å². The van der Waals surface area contributed by atoms with Gasteiger partial charge < -0.3 is 10.2 Å². The minimum Gasteiger partial charge on any atom is -0.378 e. The highest BCUT2D eigenvalue weighted by atomic mass is 19.1. The van der Waals surface area contributed by atoms with E-state index in [1.54, 1.807) is 18.3 Å². The lowest BCUT2D eigenvalue weighted by Crippen LogP contribution is -2.23. The second-order valence-corrected chi connectivity index (χ2v) is 6.56. The Hall–Kier alpha value is -3.21. The minimum atomic E-state index is -0.464. The number of nitrogens with zero attached hydrogens (tertiary/aromatic N) is 2. The summed E-state index contributed by atoms with van der Waals surface area (Å²) in [5.41, 5.74) is 3.34. The number of nitrogens with one attached hydrogen (secondary N) is 1. The Morgan fingerprint density at radius 2 is 1.74 bits per heavy atom. The van der Waals surface area contributed by atoms with Gasteiger partial charge in [-0.25, -0.2) is 4.39 Å². The highest BCUT2D eigenvalue weighted by Crippen LogP contribution is 2.24. The molecule has 3 rings (SSSR count). The molecule has 1 amide bonds. The van der Waals surface area contributed by atoms with Gasteiger partial charge in [-0.3, -0.25) is 9.78 Å². The van der Waals surface area contributed by atoms with Crippen LogP contribution in [0.2, 0.25) is 0 Å². The van der Waals surface area contributed by atoms with Crippen LogP contribution in [0.4, 0.5) is 15.8 Å². The summed E-state index contributed by atoms with van der Waals surface area (Å²) in [6.07, 6.45) is 2.14. The first-order valence-corrected chi connectivity index (χ1v) is 8.76. The number of rotatable bonds is 6. The van der Waals surface area contributed by atoms with Gasteiger partial charge in [0.05, 0.1) is 5.92 Å². The Labute approximate surface area is 158 Å². The second kappa shape index (κ2) is 8.45. The van der Waals surface area contributed by atoms with Gasteiger partial charge in [0.2, 0.25) is 5.91 Å². The monoisotopic (exact) mass is 363 g/mol. The van der Waals surface area contributed by atoms with Gasteiger partial charge in [0, 0.05) is 43.8 Å². The molecule has 3 aromatic rings. The predicted octanol–water partition coefficient (Wildman–Crippen LogP) is 4.25. The van der Waals surface area contributed by atoms with Crippen molar-refractivity contribution in [2.24, 2.45) is 0 Å². The van der Waals surface area contributed by atoms with Crippen LogP contribution < -0.4 is 10.2 Å². The van der Waals surface area contributed by atoms with Crippen LogP contribution in [-0.2, 0) is 11.2 Å². The van der Waals surface area contributed by atoms with Gasteiger partial charge in [-0.2, -0.15) is 0 Å². The number of benzene rings is 2. The zero-order valence-corrected chi connectivity index (χ0v) is 15.4. The number of carbonyl (C=O) groups excluding carboxylic acids is 1. The molecule has 1 heterocycles. The fourth-order valence-corrected chi connectivity index (χ4v) is 2.86. The zero-order chi connectivity index (χ0) is 19.2. The summed E-state index contributed by atoms with van der Waals surface area (Å²) in [4.78, 5) is 19.3. The molecule has 0 saturated carbocycles. The molecule has 1 N–H and O–H groups in total. The van der Waals surface area contributed by atoms with Crippen LogP contribution in [0.3, 0.4) is 0 Å². The molecule has 0 aliphatic carbocycles. The quantitative estimate of drug-likeness (QED) is 0.712. The van der Waals surface area contributed by atoms with Crippen molar-refractivity contribution in [3.8, 4) is 0 Å². The van der Waals surface area contributed by atoms with E-state index < -0.39 is 5.92 Å². The summed E-state index contributed by atoms with van der Waals surface area (Å²) in [6, 6.07) is 19.3. The third-order valence-electron chi connectivity index (χ3n) is 4.38. The van der Waals surface area contributed by atoms with E-state index >= 15 is 0 Å². The SMILES string of the molecule is CN(C)c1ccc(NC(=O)C(Cc2ccccn2)c2ccc(F)cc2)cc1. The van der Waals surface area contributed by atoms with Crippen molar-refractivity contribution in [1.29, 1.82) is 0 Å². The summed E-state index contributed by atoms with van der Waals surface area (Å²) < 4.78 is 13.3. The number of carbonyl (C=O) groups is 1. The first-order chi connectivity index (χ1) is 13.0. The van der Waals surface area contributed by atoms with E-state index in [0.717, 1.165) is 22.6 Å². The van der Waals surface area contributed by atoms with Gasteiger partial charge in [-0.15, -0.1) is 0 Å². The molecular weight excluding hydrogens is 341 g/mol. The van der Waals surface area contributed by atoms with Crippen LogP contribution in [0.15, 0.2) is 72.9 Å². The van der Waals surface area contributed by atoms with Gasteiger partial charge in [0.25, 0.3) is 0 Å². The number of halogens is 1. The number of hydrogen-bond acceptors (Lipinski definition) is 3. The third kappa shape index (κ3) is 4.91. The maximum atomic E-state index is 13.3. The molecule has 0 bridgehead atoms. The molecular formula is C22H22FN3O. The number of anilines is 2. The van der Waals surface area contributed by atoms with Crippen LogP contribution in [0, 0.1) is 5.82 Å². The molecule has 2 aromatic carbocycles. The van der Waals surface area contributed by atoms with Crippen LogP contribution in [-0.4, -0.2) is 25.0 Å². The molecule has 138 valence electrons. The molecule has 1 unspecified atom stereocenters. The van der Waals surface area contributed by atoms with E-state index in [1.165, 1.54) is 12.1 Å². The maximum absolute atomic E-state index is 13.3. The van der Waals surface area contributed by atoms with Crippen molar-refractivity contribution < 1.29 is 9.18 Å². The Balaban J connectivity index is 1.82. The van der Waals surface area contributed by atoms with Gasteiger partial charge >= 0.3 is 0 Å². The number of hydrogen-bond donors (Lipinski definition) is 1. The van der Waals surface area contributed by atoms with Crippen molar-refractivity contribution in [3.63, 3.8) is 0 Å². The summed E-state index contributed by atoms with van der Waals surface area (Å²) in [7, 11) is 3.93. The molecule has 5 heteroatoms. The molecule has 0 spiro atoms. The number of amides is 1. The lowest BCUT2D eigenvalue weighted by Gasteiger charge is -2.18. The fraction of sp³-hybridized carbons (Fsp3) is 0.182. The first-order valence-electron chi connectivity index (χ1n) is 8.76. The summed E-state index contributed by atoms with van der Waals surface area (Å²) in [5, 5.41) is 2.96. The Morgan fingerprint density at radius 1 is 1.04 bits per heavy atom. The smallest absolute Gasteiger partial charge is 0.232 e. The molecule has 0 saturated heterocycles. The normalized spacial score (nSPS) is 11.7. The lowest BCUT2D eigenvalue weighted by molar-refractivity contribution is -0.117. The van der Waals surface area contributed by atoms with Crippen molar-refractivity contribution in [2.45, 2.75) is 12.3 Å². The van der Waals surface area contributed by atoms with Crippen molar-refractivity contribution >= 4 is 17.3 Å². The largest absolute Gasteiger partial charge is 0.378 e. The van der Waals surface area contributed by atoms with E-state index in [-0.39, 0.29) is 11.7 Å². The van der Waals surface area contributed by atoms with Crippen LogP contribution in [0.5, 0.6) is 0 Å². The van der Waals surface area contributed by atoms with Crippen LogP contribution in [0.25, 0.3) is 0 Å². The average Bonchev–Trinajstić information content (AvgIpc) is 2.68. The Kier molecular flexibility index (Phi) is 5.81. The van der Waals surface area contributed by atoms with Crippen molar-refractivity contribution in [2.75, 3.05) is 24.3 Å². The molecule has 1 aromatic heterocycles.